The topological polar surface area (TPSA) is 99.3 Å². The first kappa shape index (κ1) is 24.0. The molecule has 2 aromatic rings. The lowest BCUT2D eigenvalue weighted by molar-refractivity contribution is -0.384. The summed E-state index contributed by atoms with van der Waals surface area (Å²) in [6.45, 7) is 3.42. The Morgan fingerprint density at radius 1 is 1.09 bits per heavy atom. The van der Waals surface area contributed by atoms with Gasteiger partial charge in [-0.25, -0.2) is 0 Å². The maximum Gasteiger partial charge on any atom is 0.293 e. The van der Waals surface area contributed by atoms with Crippen molar-refractivity contribution in [2.24, 2.45) is 0 Å². The standard InChI is InChI=1S/C23H24N4O3.C3H6/c1-17(19-8-4-2-5-9-19)25-23(28)20(16-24)14-18-10-11-21(22(15-18)27(29)30)26-12-6-3-7-13-26;1-2-3-1/h2,4-5,8-11,14-15,17H,3,6-7,12-13H2,1H3,(H,25,28);1-3H2/b20-14+;. The highest BCUT2D eigenvalue weighted by molar-refractivity contribution is 6.02. The van der Waals surface area contributed by atoms with Crippen LogP contribution in [0.3, 0.4) is 0 Å². The van der Waals surface area contributed by atoms with Crippen molar-refractivity contribution in [1.29, 1.82) is 5.26 Å². The second kappa shape index (κ2) is 11.8. The van der Waals surface area contributed by atoms with Crippen molar-refractivity contribution in [2.75, 3.05) is 18.0 Å². The Morgan fingerprint density at radius 3 is 2.30 bits per heavy atom. The molecular formula is C26H30N4O3. The summed E-state index contributed by atoms with van der Waals surface area (Å²) in [5.74, 6) is -0.517. The number of hydrogen-bond acceptors (Lipinski definition) is 5. The Hall–Kier alpha value is -3.66. The third kappa shape index (κ3) is 7.18. The number of nitro groups is 1. The van der Waals surface area contributed by atoms with E-state index in [1.807, 2.05) is 48.2 Å². The maximum absolute atomic E-state index is 12.6. The van der Waals surface area contributed by atoms with Gasteiger partial charge < -0.3 is 10.2 Å². The van der Waals surface area contributed by atoms with Gasteiger partial charge in [-0.05, 0) is 49.5 Å². The maximum atomic E-state index is 12.6. The molecule has 0 radical (unpaired) electrons. The van der Waals surface area contributed by atoms with Crippen molar-refractivity contribution >= 4 is 23.4 Å². The van der Waals surface area contributed by atoms with Gasteiger partial charge in [0.05, 0.1) is 11.0 Å². The van der Waals surface area contributed by atoms with Gasteiger partial charge >= 0.3 is 0 Å². The third-order valence-corrected chi connectivity index (χ3v) is 5.57. The number of amides is 1. The second-order valence-electron chi connectivity index (χ2n) is 8.39. The summed E-state index contributed by atoms with van der Waals surface area (Å²) >= 11 is 0. The minimum atomic E-state index is -0.517. The zero-order valence-corrected chi connectivity index (χ0v) is 19.0. The van der Waals surface area contributed by atoms with Crippen LogP contribution in [-0.2, 0) is 4.79 Å². The highest BCUT2D eigenvalue weighted by Crippen LogP contribution is 2.32. The Kier molecular flexibility index (Phi) is 8.59. The van der Waals surface area contributed by atoms with Gasteiger partial charge in [0, 0.05) is 19.2 Å². The number of hydrogen-bond donors (Lipinski definition) is 1. The lowest BCUT2D eigenvalue weighted by Gasteiger charge is -2.28. The Balaban J connectivity index is 0.000000942. The van der Waals surface area contributed by atoms with Crippen molar-refractivity contribution in [1.82, 2.24) is 5.32 Å². The van der Waals surface area contributed by atoms with E-state index in [1.54, 1.807) is 12.1 Å². The predicted octanol–water partition coefficient (Wildman–Crippen LogP) is 5.54. The van der Waals surface area contributed by atoms with Crippen LogP contribution >= 0.6 is 0 Å². The number of carbonyl (C=O) groups excluding carboxylic acids is 1. The summed E-state index contributed by atoms with van der Waals surface area (Å²) in [7, 11) is 0. The number of carbonyl (C=O) groups is 1. The quantitative estimate of drug-likeness (QED) is 0.272. The summed E-state index contributed by atoms with van der Waals surface area (Å²) in [6.07, 6.45) is 9.04. The molecule has 7 nitrogen and oxygen atoms in total. The molecule has 2 aliphatic rings. The zero-order chi connectivity index (χ0) is 23.6. The first-order chi connectivity index (χ1) is 16.0. The average Bonchev–Trinajstić information content (AvgIpc) is 3.73. The molecule has 1 aliphatic carbocycles. The zero-order valence-electron chi connectivity index (χ0n) is 19.0. The highest BCUT2D eigenvalue weighted by Gasteiger charge is 2.22. The van der Waals surface area contributed by atoms with Gasteiger partial charge in [0.15, 0.2) is 0 Å². The molecule has 0 spiro atoms. The van der Waals surface area contributed by atoms with Crippen molar-refractivity contribution in [2.45, 2.75) is 51.5 Å². The van der Waals surface area contributed by atoms with Crippen molar-refractivity contribution in [3.63, 3.8) is 0 Å². The fourth-order valence-electron chi connectivity index (χ4n) is 3.59. The first-order valence-corrected chi connectivity index (χ1v) is 11.5. The Bertz CT molecular complexity index is 1030. The average molecular weight is 447 g/mol. The summed E-state index contributed by atoms with van der Waals surface area (Å²) in [4.78, 5) is 25.8. The van der Waals surface area contributed by atoms with Crippen LogP contribution in [0.15, 0.2) is 54.1 Å². The molecule has 1 saturated carbocycles. The summed E-state index contributed by atoms with van der Waals surface area (Å²) in [5.41, 5.74) is 1.84. The Morgan fingerprint density at radius 2 is 1.73 bits per heavy atom. The Labute approximate surface area is 194 Å². The van der Waals surface area contributed by atoms with Crippen LogP contribution in [0, 0.1) is 21.4 Å². The van der Waals surface area contributed by atoms with Crippen LogP contribution in [0.5, 0.6) is 0 Å². The number of nitrogens with zero attached hydrogens (tertiary/aromatic N) is 3. The minimum Gasteiger partial charge on any atom is -0.366 e. The molecule has 1 saturated heterocycles. The molecule has 1 aliphatic heterocycles. The van der Waals surface area contributed by atoms with Crippen molar-refractivity contribution in [3.8, 4) is 6.07 Å². The van der Waals surface area contributed by atoms with Crippen LogP contribution in [-0.4, -0.2) is 23.9 Å². The molecule has 0 aromatic heterocycles. The van der Waals surface area contributed by atoms with Crippen LogP contribution in [0.25, 0.3) is 6.08 Å². The van der Waals surface area contributed by atoms with Gasteiger partial charge in [-0.2, -0.15) is 5.26 Å². The highest BCUT2D eigenvalue weighted by atomic mass is 16.6. The van der Waals surface area contributed by atoms with E-state index in [1.165, 1.54) is 31.4 Å². The predicted molar refractivity (Wildman–Crippen MR) is 130 cm³/mol. The molecule has 1 heterocycles. The smallest absolute Gasteiger partial charge is 0.293 e. The summed E-state index contributed by atoms with van der Waals surface area (Å²) in [5, 5.41) is 23.9. The van der Waals surface area contributed by atoms with E-state index in [0.29, 0.717) is 11.3 Å². The number of piperidine rings is 1. The van der Waals surface area contributed by atoms with Crippen LogP contribution < -0.4 is 10.2 Å². The van der Waals surface area contributed by atoms with E-state index in [0.717, 1.165) is 37.9 Å². The molecule has 1 N–H and O–H groups in total. The molecule has 33 heavy (non-hydrogen) atoms. The fraction of sp³-hybridized carbons (Fsp3) is 0.385. The van der Waals surface area contributed by atoms with Gasteiger partial charge in [0.2, 0.25) is 0 Å². The molecule has 4 rings (SSSR count). The molecule has 2 aromatic carbocycles. The van der Waals surface area contributed by atoms with Gasteiger partial charge in [0.1, 0.15) is 17.3 Å². The van der Waals surface area contributed by atoms with E-state index in [-0.39, 0.29) is 17.3 Å². The SMILES string of the molecule is C1CC1.CC(NC(=O)/C(C#N)=C/c1ccc(N2CCCCC2)c([N+](=O)[O-])c1)c1ccccc1. The number of benzene rings is 2. The van der Waals surface area contributed by atoms with E-state index < -0.39 is 10.8 Å². The molecule has 172 valence electrons. The third-order valence-electron chi connectivity index (χ3n) is 5.57. The summed E-state index contributed by atoms with van der Waals surface area (Å²) in [6, 6.07) is 15.9. The molecule has 1 atom stereocenters. The molecule has 0 bridgehead atoms. The largest absolute Gasteiger partial charge is 0.366 e. The minimum absolute atomic E-state index is 0.0130. The van der Waals surface area contributed by atoms with Crippen LogP contribution in [0.1, 0.15) is 62.6 Å². The van der Waals surface area contributed by atoms with E-state index in [9.17, 15) is 20.2 Å². The van der Waals surface area contributed by atoms with E-state index >= 15 is 0 Å². The van der Waals surface area contributed by atoms with Gasteiger partial charge in [-0.1, -0.05) is 55.7 Å². The molecular weight excluding hydrogens is 416 g/mol. The first-order valence-electron chi connectivity index (χ1n) is 11.5. The molecule has 2 fully saturated rings. The van der Waals surface area contributed by atoms with Gasteiger partial charge in [-0.15, -0.1) is 0 Å². The van der Waals surface area contributed by atoms with Crippen LogP contribution in [0.2, 0.25) is 0 Å². The van der Waals surface area contributed by atoms with Crippen LogP contribution in [0.4, 0.5) is 11.4 Å². The van der Waals surface area contributed by atoms with Crippen molar-refractivity contribution < 1.29 is 9.72 Å². The number of anilines is 1. The lowest BCUT2D eigenvalue weighted by atomic mass is 10.1. The monoisotopic (exact) mass is 446 g/mol. The summed E-state index contributed by atoms with van der Waals surface area (Å²) < 4.78 is 0. The number of nitro benzene ring substituents is 1. The molecule has 1 unspecified atom stereocenters. The molecule has 1 amide bonds. The molecule has 7 heteroatoms. The number of nitriles is 1. The fourth-order valence-corrected chi connectivity index (χ4v) is 3.59. The van der Waals surface area contributed by atoms with Crippen molar-refractivity contribution in [3.05, 3.63) is 75.3 Å². The van der Waals surface area contributed by atoms with E-state index in [2.05, 4.69) is 5.32 Å². The van der Waals surface area contributed by atoms with E-state index in [4.69, 9.17) is 0 Å². The lowest BCUT2D eigenvalue weighted by Crippen LogP contribution is -2.29. The normalized spacial score (nSPS) is 16.0. The second-order valence-corrected chi connectivity index (χ2v) is 8.39. The van der Waals surface area contributed by atoms with Gasteiger partial charge in [0.25, 0.3) is 11.6 Å². The number of nitrogens with one attached hydrogen (secondary N) is 1. The van der Waals surface area contributed by atoms with Gasteiger partial charge in [-0.3, -0.25) is 14.9 Å². The number of rotatable bonds is 6.